The minimum absolute atomic E-state index is 0.0905. The van der Waals surface area contributed by atoms with Gasteiger partial charge >= 0.3 is 0 Å². The van der Waals surface area contributed by atoms with Gasteiger partial charge in [-0.3, -0.25) is 10.1 Å². The van der Waals surface area contributed by atoms with Crippen LogP contribution in [0.5, 0.6) is 0 Å². The fraction of sp³-hybridized carbons (Fsp3) is 0.182. The molecular weight excluding hydrogens is 395 g/mol. The fourth-order valence-electron chi connectivity index (χ4n) is 2.58. The fourth-order valence-corrected chi connectivity index (χ4v) is 3.53. The Bertz CT molecular complexity index is 1000. The number of nitrogens with zero attached hydrogens (tertiary/aromatic N) is 1. The molecule has 0 aliphatic carbocycles. The van der Waals surface area contributed by atoms with Gasteiger partial charge in [-0.25, -0.2) is 9.37 Å². The number of hydrogen-bond acceptors (Lipinski definition) is 3. The summed E-state index contributed by atoms with van der Waals surface area (Å²) in [6.07, 6.45) is 2.59. The number of amides is 1. The number of nitrogens with one attached hydrogen (secondary N) is 1. The van der Waals surface area contributed by atoms with Crippen molar-refractivity contribution in [2.45, 2.75) is 26.2 Å². The van der Waals surface area contributed by atoms with Crippen LogP contribution in [0.4, 0.5) is 9.52 Å². The maximum Gasteiger partial charge on any atom is 0.250 e. The van der Waals surface area contributed by atoms with E-state index in [0.717, 1.165) is 11.3 Å². The minimum Gasteiger partial charge on any atom is -0.298 e. The van der Waals surface area contributed by atoms with E-state index in [2.05, 4.69) is 43.2 Å². The second-order valence-electron chi connectivity index (χ2n) is 7.32. The topological polar surface area (TPSA) is 42.0 Å². The van der Waals surface area contributed by atoms with E-state index in [1.807, 2.05) is 17.5 Å². The third-order valence-corrected chi connectivity index (χ3v) is 5.27. The van der Waals surface area contributed by atoms with Gasteiger partial charge in [0.1, 0.15) is 5.82 Å². The molecular formula is C22H20ClFN2OS. The SMILES string of the molecule is CC(C)(C)c1ccc(-c2csc(NC(=O)C=Cc3c(F)cccc3Cl)n2)cc1. The molecule has 1 N–H and O–H groups in total. The molecule has 0 bridgehead atoms. The highest BCUT2D eigenvalue weighted by Gasteiger charge is 2.14. The molecule has 1 aromatic heterocycles. The van der Waals surface area contributed by atoms with Gasteiger partial charge in [-0.1, -0.05) is 62.7 Å². The van der Waals surface area contributed by atoms with Gasteiger partial charge < -0.3 is 0 Å². The maximum absolute atomic E-state index is 13.7. The van der Waals surface area contributed by atoms with Gasteiger partial charge in [-0.2, -0.15) is 0 Å². The Morgan fingerprint density at radius 3 is 2.54 bits per heavy atom. The van der Waals surface area contributed by atoms with Gasteiger partial charge in [0.25, 0.3) is 0 Å². The Hall–Kier alpha value is -2.50. The van der Waals surface area contributed by atoms with E-state index in [4.69, 9.17) is 11.6 Å². The van der Waals surface area contributed by atoms with E-state index in [9.17, 15) is 9.18 Å². The highest BCUT2D eigenvalue weighted by Crippen LogP contribution is 2.28. The lowest BCUT2D eigenvalue weighted by atomic mass is 9.86. The average molecular weight is 415 g/mol. The monoisotopic (exact) mass is 414 g/mol. The van der Waals surface area contributed by atoms with E-state index < -0.39 is 11.7 Å². The van der Waals surface area contributed by atoms with Crippen LogP contribution in [0.1, 0.15) is 31.9 Å². The van der Waals surface area contributed by atoms with Gasteiger partial charge in [-0.05, 0) is 29.2 Å². The van der Waals surface area contributed by atoms with Crippen molar-refractivity contribution >= 4 is 40.1 Å². The molecule has 144 valence electrons. The van der Waals surface area contributed by atoms with Crippen LogP contribution in [-0.4, -0.2) is 10.9 Å². The standard InChI is InChI=1S/C22H20ClFN2OS/c1-22(2,3)15-9-7-14(8-10-15)19-13-28-21(25-19)26-20(27)12-11-16-17(23)5-4-6-18(16)24/h4-13H,1-3H3,(H,25,26,27). The van der Waals surface area contributed by atoms with Gasteiger partial charge in [0.05, 0.1) is 10.7 Å². The quantitative estimate of drug-likeness (QED) is 0.491. The lowest BCUT2D eigenvalue weighted by Crippen LogP contribution is -2.10. The molecule has 0 aliphatic heterocycles. The average Bonchev–Trinajstić information content (AvgIpc) is 3.09. The molecule has 1 heterocycles. The van der Waals surface area contributed by atoms with Crippen molar-refractivity contribution in [1.82, 2.24) is 4.98 Å². The summed E-state index contributed by atoms with van der Waals surface area (Å²) in [5.41, 5.74) is 3.29. The smallest absolute Gasteiger partial charge is 0.250 e. The number of rotatable bonds is 4. The lowest BCUT2D eigenvalue weighted by Gasteiger charge is -2.18. The first-order chi connectivity index (χ1) is 13.2. The summed E-state index contributed by atoms with van der Waals surface area (Å²) in [7, 11) is 0. The number of carbonyl (C=O) groups excluding carboxylic acids is 1. The second-order valence-corrected chi connectivity index (χ2v) is 8.59. The van der Waals surface area contributed by atoms with Crippen molar-refractivity contribution in [2.24, 2.45) is 0 Å². The summed E-state index contributed by atoms with van der Waals surface area (Å²) in [5.74, 6) is -0.880. The second kappa shape index (κ2) is 8.25. The van der Waals surface area contributed by atoms with Crippen LogP contribution in [0.25, 0.3) is 17.3 Å². The van der Waals surface area contributed by atoms with Crippen molar-refractivity contribution in [3.8, 4) is 11.3 Å². The largest absolute Gasteiger partial charge is 0.298 e. The van der Waals surface area contributed by atoms with E-state index >= 15 is 0 Å². The molecule has 6 heteroatoms. The molecule has 1 amide bonds. The third-order valence-electron chi connectivity index (χ3n) is 4.18. The predicted octanol–water partition coefficient (Wildman–Crippen LogP) is 6.55. The molecule has 28 heavy (non-hydrogen) atoms. The van der Waals surface area contributed by atoms with Crippen molar-refractivity contribution < 1.29 is 9.18 Å². The Balaban J connectivity index is 1.69. The summed E-state index contributed by atoms with van der Waals surface area (Å²) in [6.45, 7) is 6.50. The summed E-state index contributed by atoms with van der Waals surface area (Å²) in [5, 5.41) is 5.31. The molecule has 0 unspecified atom stereocenters. The van der Waals surface area contributed by atoms with Crippen LogP contribution in [0.3, 0.4) is 0 Å². The van der Waals surface area contributed by atoms with Crippen LogP contribution in [-0.2, 0) is 10.2 Å². The maximum atomic E-state index is 13.7. The lowest BCUT2D eigenvalue weighted by molar-refractivity contribution is -0.111. The molecule has 0 aliphatic rings. The van der Waals surface area contributed by atoms with Crippen LogP contribution >= 0.6 is 22.9 Å². The number of carbonyl (C=O) groups is 1. The Morgan fingerprint density at radius 1 is 1.18 bits per heavy atom. The van der Waals surface area contributed by atoms with Gasteiger partial charge in [0, 0.05) is 22.6 Å². The molecule has 3 nitrogen and oxygen atoms in total. The normalized spacial score (nSPS) is 11.8. The van der Waals surface area contributed by atoms with E-state index in [1.165, 1.54) is 41.2 Å². The zero-order chi connectivity index (χ0) is 20.3. The summed E-state index contributed by atoms with van der Waals surface area (Å²) >= 11 is 7.28. The number of benzene rings is 2. The van der Waals surface area contributed by atoms with Crippen molar-refractivity contribution in [3.63, 3.8) is 0 Å². The molecule has 0 radical (unpaired) electrons. The summed E-state index contributed by atoms with van der Waals surface area (Å²) in [6, 6.07) is 12.6. The molecule has 0 saturated heterocycles. The number of thiazole rings is 1. The van der Waals surface area contributed by atoms with E-state index in [1.54, 1.807) is 6.07 Å². The number of hydrogen-bond donors (Lipinski definition) is 1. The first-order valence-corrected chi connectivity index (χ1v) is 9.99. The molecule has 3 aromatic rings. The molecule has 0 spiro atoms. The zero-order valence-electron chi connectivity index (χ0n) is 15.8. The van der Waals surface area contributed by atoms with E-state index in [0.29, 0.717) is 5.13 Å². The highest BCUT2D eigenvalue weighted by molar-refractivity contribution is 7.14. The van der Waals surface area contributed by atoms with Gasteiger partial charge in [0.15, 0.2) is 5.13 Å². The Kier molecular flexibility index (Phi) is 5.96. The Labute approximate surface area is 172 Å². The third kappa shape index (κ3) is 4.86. The van der Waals surface area contributed by atoms with Crippen LogP contribution in [0, 0.1) is 5.82 Å². The van der Waals surface area contributed by atoms with Crippen molar-refractivity contribution in [2.75, 3.05) is 5.32 Å². The summed E-state index contributed by atoms with van der Waals surface area (Å²) in [4.78, 5) is 16.6. The van der Waals surface area contributed by atoms with Crippen LogP contribution < -0.4 is 5.32 Å². The number of anilines is 1. The van der Waals surface area contributed by atoms with Crippen LogP contribution in [0.2, 0.25) is 5.02 Å². The minimum atomic E-state index is -0.480. The molecule has 0 saturated carbocycles. The van der Waals surface area contributed by atoms with Crippen LogP contribution in [0.15, 0.2) is 53.9 Å². The van der Waals surface area contributed by atoms with Gasteiger partial charge in [-0.15, -0.1) is 11.3 Å². The van der Waals surface area contributed by atoms with Gasteiger partial charge in [0.2, 0.25) is 5.91 Å². The first-order valence-electron chi connectivity index (χ1n) is 8.73. The highest BCUT2D eigenvalue weighted by atomic mass is 35.5. The number of halogens is 2. The molecule has 3 rings (SSSR count). The van der Waals surface area contributed by atoms with Crippen molar-refractivity contribution in [3.05, 3.63) is 75.9 Å². The summed E-state index contributed by atoms with van der Waals surface area (Å²) < 4.78 is 13.7. The predicted molar refractivity (Wildman–Crippen MR) is 115 cm³/mol. The molecule has 2 aromatic carbocycles. The molecule has 0 atom stereocenters. The van der Waals surface area contributed by atoms with E-state index in [-0.39, 0.29) is 16.0 Å². The first kappa shape index (κ1) is 20.2. The molecule has 0 fully saturated rings. The Morgan fingerprint density at radius 2 is 1.89 bits per heavy atom. The zero-order valence-corrected chi connectivity index (χ0v) is 17.4. The van der Waals surface area contributed by atoms with Crippen molar-refractivity contribution in [1.29, 1.82) is 0 Å². The number of aromatic nitrogens is 1.